The van der Waals surface area contributed by atoms with Crippen molar-refractivity contribution in [2.24, 2.45) is 0 Å². The van der Waals surface area contributed by atoms with Crippen molar-refractivity contribution in [2.75, 3.05) is 11.9 Å². The van der Waals surface area contributed by atoms with Gasteiger partial charge in [0, 0.05) is 12.2 Å². The Kier molecular flexibility index (Phi) is 4.77. The number of benzene rings is 2. The van der Waals surface area contributed by atoms with Gasteiger partial charge >= 0.3 is 6.03 Å². The molecule has 0 aliphatic rings. The van der Waals surface area contributed by atoms with Crippen molar-refractivity contribution in [3.8, 4) is 5.75 Å². The van der Waals surface area contributed by atoms with Crippen LogP contribution in [0.4, 0.5) is 14.9 Å². The van der Waals surface area contributed by atoms with E-state index in [9.17, 15) is 14.3 Å². The highest BCUT2D eigenvalue weighted by molar-refractivity contribution is 5.90. The zero-order valence-corrected chi connectivity index (χ0v) is 11.7. The molecule has 0 saturated heterocycles. The van der Waals surface area contributed by atoms with Crippen LogP contribution in [0.2, 0.25) is 0 Å². The van der Waals surface area contributed by atoms with E-state index in [0.717, 1.165) is 5.56 Å². The molecule has 0 saturated carbocycles. The predicted molar refractivity (Wildman–Crippen MR) is 80.0 cm³/mol. The van der Waals surface area contributed by atoms with Crippen molar-refractivity contribution in [1.29, 1.82) is 0 Å². The Hall–Kier alpha value is -2.56. The van der Waals surface area contributed by atoms with E-state index in [2.05, 4.69) is 10.6 Å². The molecule has 0 aromatic heterocycles. The first-order valence-electron chi connectivity index (χ1n) is 6.64. The smallest absolute Gasteiger partial charge is 0.319 e. The Bertz CT molecular complexity index is 644. The number of phenols is 1. The van der Waals surface area contributed by atoms with Gasteiger partial charge in [-0.05, 0) is 48.7 Å². The number of amides is 2. The molecule has 2 amide bonds. The van der Waals surface area contributed by atoms with E-state index in [1.54, 1.807) is 37.3 Å². The first-order chi connectivity index (χ1) is 10.1. The van der Waals surface area contributed by atoms with Gasteiger partial charge in [0.1, 0.15) is 11.6 Å². The molecule has 0 spiro atoms. The fourth-order valence-corrected chi connectivity index (χ4v) is 1.97. The molecule has 0 atom stereocenters. The fourth-order valence-electron chi connectivity index (χ4n) is 1.97. The van der Waals surface area contributed by atoms with Crippen LogP contribution in [0.25, 0.3) is 0 Å². The molecule has 2 rings (SSSR count). The first-order valence-corrected chi connectivity index (χ1v) is 6.64. The summed E-state index contributed by atoms with van der Waals surface area (Å²) in [6.07, 6.45) is 0.425. The molecule has 0 aliphatic carbocycles. The van der Waals surface area contributed by atoms with E-state index in [-0.39, 0.29) is 17.6 Å². The van der Waals surface area contributed by atoms with Gasteiger partial charge in [0.05, 0.1) is 0 Å². The monoisotopic (exact) mass is 288 g/mol. The van der Waals surface area contributed by atoms with Crippen molar-refractivity contribution in [3.63, 3.8) is 0 Å². The van der Waals surface area contributed by atoms with Gasteiger partial charge in [0.15, 0.2) is 0 Å². The Morgan fingerprint density at radius 2 is 2.00 bits per heavy atom. The van der Waals surface area contributed by atoms with Crippen LogP contribution in [0.1, 0.15) is 11.1 Å². The second-order valence-electron chi connectivity index (χ2n) is 4.72. The summed E-state index contributed by atoms with van der Waals surface area (Å²) >= 11 is 0. The zero-order valence-electron chi connectivity index (χ0n) is 11.7. The molecule has 110 valence electrons. The summed E-state index contributed by atoms with van der Waals surface area (Å²) in [6, 6.07) is 10.8. The number of carbonyl (C=O) groups excluding carboxylic acids is 1. The number of hydrogen-bond acceptors (Lipinski definition) is 2. The first kappa shape index (κ1) is 14.8. The van der Waals surface area contributed by atoms with Gasteiger partial charge in [0.2, 0.25) is 0 Å². The molecular formula is C16H17FN2O2. The molecular weight excluding hydrogens is 271 g/mol. The number of halogens is 1. The summed E-state index contributed by atoms with van der Waals surface area (Å²) in [5.74, 6) is -0.118. The van der Waals surface area contributed by atoms with Crippen LogP contribution < -0.4 is 10.6 Å². The number of hydrogen-bond donors (Lipinski definition) is 3. The minimum Gasteiger partial charge on any atom is -0.508 e. The van der Waals surface area contributed by atoms with Crippen LogP contribution in [-0.2, 0) is 6.42 Å². The molecule has 4 nitrogen and oxygen atoms in total. The highest BCUT2D eigenvalue weighted by Crippen LogP contribution is 2.19. The van der Waals surface area contributed by atoms with Crippen LogP contribution in [0.3, 0.4) is 0 Å². The molecule has 0 fully saturated rings. The highest BCUT2D eigenvalue weighted by Gasteiger charge is 2.05. The minimum atomic E-state index is -0.361. The summed E-state index contributed by atoms with van der Waals surface area (Å²) in [5.41, 5.74) is 1.95. The number of rotatable bonds is 4. The van der Waals surface area contributed by atoms with Gasteiger partial charge in [0.25, 0.3) is 0 Å². The molecule has 5 heteroatoms. The van der Waals surface area contributed by atoms with E-state index in [0.29, 0.717) is 24.2 Å². The Morgan fingerprint density at radius 1 is 1.24 bits per heavy atom. The summed E-state index contributed by atoms with van der Waals surface area (Å²) in [5, 5.41) is 14.7. The van der Waals surface area contributed by atoms with Gasteiger partial charge in [-0.2, -0.15) is 0 Å². The number of nitrogens with one attached hydrogen (secondary N) is 2. The Morgan fingerprint density at radius 3 is 2.71 bits per heavy atom. The molecule has 0 radical (unpaired) electrons. The second-order valence-corrected chi connectivity index (χ2v) is 4.72. The lowest BCUT2D eigenvalue weighted by Crippen LogP contribution is -2.30. The van der Waals surface area contributed by atoms with E-state index in [1.807, 2.05) is 0 Å². The summed E-state index contributed by atoms with van der Waals surface area (Å²) in [7, 11) is 0. The van der Waals surface area contributed by atoms with Gasteiger partial charge in [-0.1, -0.05) is 18.2 Å². The fraction of sp³-hybridized carbons (Fsp3) is 0.188. The molecule has 0 unspecified atom stereocenters. The van der Waals surface area contributed by atoms with Crippen molar-refractivity contribution < 1.29 is 14.3 Å². The lowest BCUT2D eigenvalue weighted by molar-refractivity contribution is 0.252. The highest BCUT2D eigenvalue weighted by atomic mass is 19.1. The van der Waals surface area contributed by atoms with Crippen LogP contribution in [0, 0.1) is 12.7 Å². The molecule has 3 N–H and O–H groups in total. The van der Waals surface area contributed by atoms with Crippen LogP contribution in [0.15, 0.2) is 42.5 Å². The van der Waals surface area contributed by atoms with Crippen LogP contribution in [-0.4, -0.2) is 17.7 Å². The number of carbonyl (C=O) groups is 1. The van der Waals surface area contributed by atoms with Crippen molar-refractivity contribution in [3.05, 3.63) is 59.4 Å². The Balaban J connectivity index is 1.84. The normalized spacial score (nSPS) is 10.2. The molecule has 0 bridgehead atoms. The number of phenolic OH excluding ortho intramolecular Hbond substituents is 1. The van der Waals surface area contributed by atoms with E-state index in [1.165, 1.54) is 12.1 Å². The van der Waals surface area contributed by atoms with Crippen molar-refractivity contribution in [2.45, 2.75) is 13.3 Å². The number of anilines is 1. The second kappa shape index (κ2) is 6.74. The van der Waals surface area contributed by atoms with Gasteiger partial charge in [-0.3, -0.25) is 0 Å². The SMILES string of the molecule is Cc1cc(O)ccc1NC(=O)NCCc1ccccc1F. The van der Waals surface area contributed by atoms with Gasteiger partial charge < -0.3 is 15.7 Å². The molecule has 0 aliphatic heterocycles. The molecule has 2 aromatic carbocycles. The minimum absolute atomic E-state index is 0.151. The standard InChI is InChI=1S/C16H17FN2O2/c1-11-10-13(20)6-7-15(11)19-16(21)18-9-8-12-4-2-3-5-14(12)17/h2-7,10,20H,8-9H2,1H3,(H2,18,19,21). The third-order valence-corrected chi connectivity index (χ3v) is 3.10. The third-order valence-electron chi connectivity index (χ3n) is 3.10. The lowest BCUT2D eigenvalue weighted by Gasteiger charge is -2.10. The quantitative estimate of drug-likeness (QED) is 0.757. The van der Waals surface area contributed by atoms with Crippen molar-refractivity contribution >= 4 is 11.7 Å². The van der Waals surface area contributed by atoms with Crippen LogP contribution >= 0.6 is 0 Å². The third kappa shape index (κ3) is 4.21. The van der Waals surface area contributed by atoms with Gasteiger partial charge in [-0.15, -0.1) is 0 Å². The van der Waals surface area contributed by atoms with E-state index in [4.69, 9.17) is 0 Å². The van der Waals surface area contributed by atoms with E-state index >= 15 is 0 Å². The maximum absolute atomic E-state index is 13.4. The number of aryl methyl sites for hydroxylation is 1. The summed E-state index contributed by atoms with van der Waals surface area (Å²) < 4.78 is 13.4. The van der Waals surface area contributed by atoms with Crippen LogP contribution in [0.5, 0.6) is 5.75 Å². The average molecular weight is 288 g/mol. The number of aromatic hydroxyl groups is 1. The number of urea groups is 1. The molecule has 21 heavy (non-hydrogen) atoms. The summed E-state index contributed by atoms with van der Waals surface area (Å²) in [6.45, 7) is 2.12. The zero-order chi connectivity index (χ0) is 15.2. The van der Waals surface area contributed by atoms with Gasteiger partial charge in [-0.25, -0.2) is 9.18 Å². The largest absolute Gasteiger partial charge is 0.508 e. The predicted octanol–water partition coefficient (Wildman–Crippen LogP) is 3.20. The average Bonchev–Trinajstić information content (AvgIpc) is 2.44. The topological polar surface area (TPSA) is 61.4 Å². The maximum atomic E-state index is 13.4. The molecule has 2 aromatic rings. The summed E-state index contributed by atoms with van der Waals surface area (Å²) in [4.78, 5) is 11.7. The Labute approximate surface area is 122 Å². The molecule has 0 heterocycles. The van der Waals surface area contributed by atoms with E-state index < -0.39 is 0 Å². The maximum Gasteiger partial charge on any atom is 0.319 e. The lowest BCUT2D eigenvalue weighted by atomic mass is 10.1. The van der Waals surface area contributed by atoms with Crippen molar-refractivity contribution in [1.82, 2.24) is 5.32 Å².